The maximum Gasteiger partial charge on any atom is 0.256 e. The average molecular weight is 423 g/mol. The van der Waals surface area contributed by atoms with Crippen molar-refractivity contribution in [1.82, 2.24) is 14.9 Å². The number of carbonyl (C=O) groups excluding carboxylic acids is 1. The van der Waals surface area contributed by atoms with Gasteiger partial charge < -0.3 is 10.2 Å². The molecule has 0 bridgehead atoms. The number of benzene rings is 2. The molecule has 2 aromatic heterocycles. The Morgan fingerprint density at radius 3 is 2.47 bits per heavy atom. The molecule has 1 fully saturated rings. The van der Waals surface area contributed by atoms with Crippen LogP contribution in [0.5, 0.6) is 0 Å². The van der Waals surface area contributed by atoms with Crippen molar-refractivity contribution >= 4 is 22.5 Å². The van der Waals surface area contributed by atoms with Gasteiger partial charge in [-0.2, -0.15) is 0 Å². The van der Waals surface area contributed by atoms with Gasteiger partial charge in [0.15, 0.2) is 0 Å². The minimum Gasteiger partial charge on any atom is -0.322 e. The number of nitrogens with zero attached hydrogens (tertiary/aromatic N) is 3. The summed E-state index contributed by atoms with van der Waals surface area (Å²) < 4.78 is 0. The molecule has 4 aromatic rings. The first-order valence-electron chi connectivity index (χ1n) is 11.2. The maximum atomic E-state index is 13.2. The Hall–Kier alpha value is -3.57. The molecular formula is C27H26N4O. The van der Waals surface area contributed by atoms with E-state index < -0.39 is 0 Å². The predicted octanol–water partition coefficient (Wildman–Crippen LogP) is 5.19. The van der Waals surface area contributed by atoms with Crippen LogP contribution in [0.2, 0.25) is 0 Å². The number of likely N-dealkylation sites (tertiary alicyclic amines) is 1. The number of hydrogen-bond donors (Lipinski definition) is 1. The van der Waals surface area contributed by atoms with Gasteiger partial charge in [-0.3, -0.25) is 9.78 Å². The van der Waals surface area contributed by atoms with Crippen LogP contribution in [0, 0.1) is 0 Å². The summed E-state index contributed by atoms with van der Waals surface area (Å²) in [6.07, 6.45) is 7.14. The third-order valence-electron chi connectivity index (χ3n) is 6.06. The SMILES string of the molecule is O=C(Nc1ccc(CCN2CCCC2)cc1)c1cc(-c2ccncc2)nc2ccccc12. The van der Waals surface area contributed by atoms with Gasteiger partial charge >= 0.3 is 0 Å². The molecule has 160 valence electrons. The van der Waals surface area contributed by atoms with Crippen LogP contribution in [-0.2, 0) is 6.42 Å². The van der Waals surface area contributed by atoms with Crippen molar-refractivity contribution < 1.29 is 4.79 Å². The van der Waals surface area contributed by atoms with Crippen LogP contribution >= 0.6 is 0 Å². The number of fused-ring (bicyclic) bond motifs is 1. The molecule has 1 saturated heterocycles. The Kier molecular flexibility index (Phi) is 5.90. The largest absolute Gasteiger partial charge is 0.322 e. The van der Waals surface area contributed by atoms with Crippen LogP contribution in [0.1, 0.15) is 28.8 Å². The van der Waals surface area contributed by atoms with E-state index in [2.05, 4.69) is 27.3 Å². The third-order valence-corrected chi connectivity index (χ3v) is 6.06. The normalized spacial score (nSPS) is 14.0. The van der Waals surface area contributed by atoms with E-state index >= 15 is 0 Å². The molecule has 5 rings (SSSR count). The number of para-hydroxylation sites is 1. The highest BCUT2D eigenvalue weighted by Crippen LogP contribution is 2.25. The number of anilines is 1. The molecule has 0 saturated carbocycles. The van der Waals surface area contributed by atoms with Gasteiger partial charge in [-0.15, -0.1) is 0 Å². The number of hydrogen-bond acceptors (Lipinski definition) is 4. The standard InChI is InChI=1S/C27H26N4O/c32-27(29-22-9-7-20(8-10-22)13-18-31-16-3-4-17-31)24-19-26(21-11-14-28-15-12-21)30-25-6-2-1-5-23(24)25/h1-2,5-12,14-15,19H,3-4,13,16-18H2,(H,29,32). The Balaban J connectivity index is 1.36. The van der Waals surface area contributed by atoms with Crippen molar-refractivity contribution in [3.05, 3.63) is 90.3 Å². The summed E-state index contributed by atoms with van der Waals surface area (Å²) in [5, 5.41) is 3.90. The van der Waals surface area contributed by atoms with Crippen molar-refractivity contribution in [2.75, 3.05) is 25.0 Å². The van der Waals surface area contributed by atoms with E-state index in [9.17, 15) is 4.79 Å². The molecule has 1 aliphatic heterocycles. The molecule has 5 heteroatoms. The number of amides is 1. The van der Waals surface area contributed by atoms with Crippen LogP contribution < -0.4 is 5.32 Å². The molecule has 0 atom stereocenters. The first-order chi connectivity index (χ1) is 15.8. The molecule has 0 radical (unpaired) electrons. The van der Waals surface area contributed by atoms with Gasteiger partial charge in [0.05, 0.1) is 16.8 Å². The van der Waals surface area contributed by atoms with Crippen LogP contribution in [0.15, 0.2) is 79.1 Å². The summed E-state index contributed by atoms with van der Waals surface area (Å²) in [5.41, 5.74) is 5.19. The molecule has 5 nitrogen and oxygen atoms in total. The van der Waals surface area contributed by atoms with Crippen molar-refractivity contribution in [3.8, 4) is 11.3 Å². The highest BCUT2D eigenvalue weighted by atomic mass is 16.1. The second-order valence-corrected chi connectivity index (χ2v) is 8.26. The van der Waals surface area contributed by atoms with E-state index in [0.717, 1.165) is 40.8 Å². The Morgan fingerprint density at radius 1 is 0.938 bits per heavy atom. The summed E-state index contributed by atoms with van der Waals surface area (Å²) in [7, 11) is 0. The second-order valence-electron chi connectivity index (χ2n) is 8.26. The van der Waals surface area contributed by atoms with Crippen LogP contribution in [0.4, 0.5) is 5.69 Å². The highest BCUT2D eigenvalue weighted by Gasteiger charge is 2.15. The molecular weight excluding hydrogens is 396 g/mol. The Labute approximate surface area is 188 Å². The lowest BCUT2D eigenvalue weighted by Gasteiger charge is -2.14. The van der Waals surface area contributed by atoms with Crippen molar-refractivity contribution in [3.63, 3.8) is 0 Å². The second kappa shape index (κ2) is 9.28. The van der Waals surface area contributed by atoms with E-state index in [4.69, 9.17) is 4.98 Å². The van der Waals surface area contributed by atoms with Gasteiger partial charge in [-0.05, 0) is 74.3 Å². The first kappa shape index (κ1) is 20.3. The van der Waals surface area contributed by atoms with Crippen molar-refractivity contribution in [2.24, 2.45) is 0 Å². The van der Waals surface area contributed by atoms with Crippen LogP contribution in [-0.4, -0.2) is 40.4 Å². The van der Waals surface area contributed by atoms with Gasteiger partial charge in [-0.25, -0.2) is 4.98 Å². The smallest absolute Gasteiger partial charge is 0.256 e. The maximum absolute atomic E-state index is 13.2. The quantitative estimate of drug-likeness (QED) is 0.465. The van der Waals surface area contributed by atoms with Gasteiger partial charge in [0, 0.05) is 35.6 Å². The lowest BCUT2D eigenvalue weighted by Crippen LogP contribution is -2.21. The molecule has 0 aliphatic carbocycles. The molecule has 2 aromatic carbocycles. The topological polar surface area (TPSA) is 58.1 Å². The number of pyridine rings is 2. The highest BCUT2D eigenvalue weighted by molar-refractivity contribution is 6.13. The minimum atomic E-state index is -0.135. The lowest BCUT2D eigenvalue weighted by atomic mass is 10.0. The van der Waals surface area contributed by atoms with E-state index in [0.29, 0.717) is 5.56 Å². The summed E-state index contributed by atoms with van der Waals surface area (Å²) in [5.74, 6) is -0.135. The number of aromatic nitrogens is 2. The zero-order chi connectivity index (χ0) is 21.8. The number of rotatable bonds is 6. The summed E-state index contributed by atoms with van der Waals surface area (Å²) in [6.45, 7) is 3.54. The van der Waals surface area contributed by atoms with Gasteiger partial charge in [0.25, 0.3) is 5.91 Å². The van der Waals surface area contributed by atoms with Gasteiger partial charge in [0.2, 0.25) is 0 Å². The van der Waals surface area contributed by atoms with Gasteiger partial charge in [0.1, 0.15) is 0 Å². The molecule has 1 aliphatic rings. The minimum absolute atomic E-state index is 0.135. The zero-order valence-corrected chi connectivity index (χ0v) is 18.0. The van der Waals surface area contributed by atoms with Gasteiger partial charge in [-0.1, -0.05) is 30.3 Å². The molecule has 0 unspecified atom stereocenters. The molecule has 3 heterocycles. The van der Waals surface area contributed by atoms with Crippen molar-refractivity contribution in [1.29, 1.82) is 0 Å². The van der Waals surface area contributed by atoms with E-state index in [1.54, 1.807) is 12.4 Å². The van der Waals surface area contributed by atoms with Crippen LogP contribution in [0.25, 0.3) is 22.2 Å². The third kappa shape index (κ3) is 4.53. The number of carbonyl (C=O) groups is 1. The average Bonchev–Trinajstić information content (AvgIpc) is 3.37. The molecule has 1 amide bonds. The number of nitrogens with one attached hydrogen (secondary N) is 1. The van der Waals surface area contributed by atoms with E-state index in [-0.39, 0.29) is 5.91 Å². The summed E-state index contributed by atoms with van der Waals surface area (Å²) >= 11 is 0. The molecule has 32 heavy (non-hydrogen) atoms. The monoisotopic (exact) mass is 422 g/mol. The molecule has 1 N–H and O–H groups in total. The summed E-state index contributed by atoms with van der Waals surface area (Å²) in [4.78, 5) is 24.6. The zero-order valence-electron chi connectivity index (χ0n) is 18.0. The Bertz CT molecular complexity index is 1220. The lowest BCUT2D eigenvalue weighted by molar-refractivity contribution is 0.102. The first-order valence-corrected chi connectivity index (χ1v) is 11.2. The van der Waals surface area contributed by atoms with Crippen molar-refractivity contribution in [2.45, 2.75) is 19.3 Å². The van der Waals surface area contributed by atoms with E-state index in [1.165, 1.54) is 31.5 Å². The fraction of sp³-hybridized carbons (Fsp3) is 0.222. The predicted molar refractivity (Wildman–Crippen MR) is 129 cm³/mol. The Morgan fingerprint density at radius 2 is 1.69 bits per heavy atom. The fourth-order valence-corrected chi connectivity index (χ4v) is 4.28. The molecule has 0 spiro atoms. The fourth-order valence-electron chi connectivity index (χ4n) is 4.28. The van der Waals surface area contributed by atoms with E-state index in [1.807, 2.05) is 54.6 Å². The van der Waals surface area contributed by atoms with Crippen LogP contribution in [0.3, 0.4) is 0 Å². The summed E-state index contributed by atoms with van der Waals surface area (Å²) in [6, 6.07) is 21.6.